The summed E-state index contributed by atoms with van der Waals surface area (Å²) in [6.07, 6.45) is 1.35. The number of rotatable bonds is 5. The number of ketones is 1. The van der Waals surface area contributed by atoms with Crippen LogP contribution in [0.15, 0.2) is 18.2 Å². The van der Waals surface area contributed by atoms with E-state index >= 15 is 0 Å². The molecule has 0 atom stereocenters. The second-order valence-electron chi connectivity index (χ2n) is 3.56. The largest absolute Gasteiger partial charge is 0.330 e. The average molecular weight is 205 g/mol. The van der Waals surface area contributed by atoms with Gasteiger partial charge < -0.3 is 5.73 Å². The molecule has 0 unspecified atom stereocenters. The molecule has 0 bridgehead atoms. The Morgan fingerprint density at radius 3 is 2.80 bits per heavy atom. The van der Waals surface area contributed by atoms with E-state index in [1.807, 2.05) is 25.1 Å². The third-order valence-corrected chi connectivity index (χ3v) is 2.34. The van der Waals surface area contributed by atoms with Gasteiger partial charge in [-0.25, -0.2) is 0 Å². The molecule has 0 amide bonds. The molecule has 80 valence electrons. The summed E-state index contributed by atoms with van der Waals surface area (Å²) >= 11 is 0. The van der Waals surface area contributed by atoms with Gasteiger partial charge in [-0.15, -0.1) is 0 Å². The van der Waals surface area contributed by atoms with Crippen LogP contribution in [0.5, 0.6) is 0 Å². The number of nitrogens with two attached hydrogens (primary N) is 1. The number of Topliss-reactive ketones (excluding diaryl/α,β-unsaturated/α-hetero) is 1. The summed E-state index contributed by atoms with van der Waals surface area (Å²) in [6.45, 7) is 2.60. The van der Waals surface area contributed by atoms with E-state index in [0.717, 1.165) is 17.5 Å². The van der Waals surface area contributed by atoms with Crippen molar-refractivity contribution >= 4 is 12.1 Å². The first-order valence-electron chi connectivity index (χ1n) is 4.94. The van der Waals surface area contributed by atoms with Crippen LogP contribution in [0.2, 0.25) is 0 Å². The maximum Gasteiger partial charge on any atom is 0.199 e. The van der Waals surface area contributed by atoms with Gasteiger partial charge in [0.2, 0.25) is 0 Å². The van der Waals surface area contributed by atoms with E-state index < -0.39 is 5.78 Å². The highest BCUT2D eigenvalue weighted by Crippen LogP contribution is 2.12. The predicted octanol–water partition coefficient (Wildman–Crippen LogP) is 0.807. The minimum Gasteiger partial charge on any atom is -0.330 e. The zero-order valence-corrected chi connectivity index (χ0v) is 8.82. The molecular formula is C12H15NO2. The third-order valence-electron chi connectivity index (χ3n) is 2.34. The molecular weight excluding hydrogens is 190 g/mol. The molecule has 0 fully saturated rings. The lowest BCUT2D eigenvalue weighted by atomic mass is 10.00. The molecule has 0 spiro atoms. The molecule has 0 aliphatic rings. The minimum absolute atomic E-state index is 0.182. The fraction of sp³-hybridized carbons (Fsp3) is 0.333. The van der Waals surface area contributed by atoms with Crippen molar-refractivity contribution < 1.29 is 9.59 Å². The molecule has 0 saturated carbocycles. The number of carbonyl (C=O) groups excluding carboxylic acids is 2. The van der Waals surface area contributed by atoms with Gasteiger partial charge in [0.25, 0.3) is 0 Å². The molecule has 1 aromatic rings. The Kier molecular flexibility index (Phi) is 4.18. The van der Waals surface area contributed by atoms with Gasteiger partial charge in [-0.05, 0) is 36.6 Å². The number of hydrogen-bond donors (Lipinski definition) is 1. The van der Waals surface area contributed by atoms with Crippen molar-refractivity contribution in [2.24, 2.45) is 5.73 Å². The Balaban J connectivity index is 2.86. The molecule has 0 aromatic heterocycles. The van der Waals surface area contributed by atoms with Crippen LogP contribution >= 0.6 is 0 Å². The monoisotopic (exact) mass is 205 g/mol. The van der Waals surface area contributed by atoms with Crippen LogP contribution in [0.1, 0.15) is 16.7 Å². The molecule has 1 aromatic carbocycles. The minimum atomic E-state index is -0.391. The second kappa shape index (κ2) is 5.41. The van der Waals surface area contributed by atoms with Crippen LogP contribution in [-0.2, 0) is 22.4 Å². The van der Waals surface area contributed by atoms with E-state index in [9.17, 15) is 9.59 Å². The van der Waals surface area contributed by atoms with E-state index in [2.05, 4.69) is 0 Å². The first-order chi connectivity index (χ1) is 7.17. The predicted molar refractivity (Wildman–Crippen MR) is 58.7 cm³/mol. The van der Waals surface area contributed by atoms with Crippen molar-refractivity contribution in [3.63, 3.8) is 0 Å². The Hall–Kier alpha value is -1.48. The summed E-state index contributed by atoms with van der Waals surface area (Å²) in [5, 5.41) is 0. The maximum absolute atomic E-state index is 10.9. The van der Waals surface area contributed by atoms with Gasteiger partial charge in [-0.1, -0.05) is 18.2 Å². The Bertz CT molecular complexity index is 372. The Morgan fingerprint density at radius 1 is 1.47 bits per heavy atom. The number of carbonyl (C=O) groups is 2. The first-order valence-corrected chi connectivity index (χ1v) is 4.94. The van der Waals surface area contributed by atoms with Gasteiger partial charge in [0.15, 0.2) is 12.1 Å². The Morgan fingerprint density at radius 2 is 2.20 bits per heavy atom. The fourth-order valence-corrected chi connectivity index (χ4v) is 1.50. The second-order valence-corrected chi connectivity index (χ2v) is 3.56. The molecule has 0 saturated heterocycles. The first kappa shape index (κ1) is 11.6. The molecule has 2 N–H and O–H groups in total. The van der Waals surface area contributed by atoms with E-state index in [4.69, 9.17) is 5.73 Å². The lowest BCUT2D eigenvalue weighted by molar-refractivity contribution is -0.129. The average Bonchev–Trinajstić information content (AvgIpc) is 2.23. The fourth-order valence-electron chi connectivity index (χ4n) is 1.50. The van der Waals surface area contributed by atoms with Gasteiger partial charge in [0, 0.05) is 6.42 Å². The number of aryl methyl sites for hydroxylation is 1. The van der Waals surface area contributed by atoms with E-state index in [-0.39, 0.29) is 6.42 Å². The van der Waals surface area contributed by atoms with Crippen molar-refractivity contribution in [2.45, 2.75) is 19.8 Å². The molecule has 15 heavy (non-hydrogen) atoms. The summed E-state index contributed by atoms with van der Waals surface area (Å²) in [5.41, 5.74) is 8.68. The molecule has 3 nitrogen and oxygen atoms in total. The van der Waals surface area contributed by atoms with Crippen LogP contribution in [0.4, 0.5) is 0 Å². The zero-order chi connectivity index (χ0) is 11.3. The smallest absolute Gasteiger partial charge is 0.199 e. The third kappa shape index (κ3) is 3.29. The molecule has 3 heteroatoms. The maximum atomic E-state index is 10.9. The number of benzene rings is 1. The van der Waals surface area contributed by atoms with Crippen LogP contribution in [0.3, 0.4) is 0 Å². The van der Waals surface area contributed by atoms with E-state index in [1.165, 1.54) is 5.56 Å². The summed E-state index contributed by atoms with van der Waals surface area (Å²) < 4.78 is 0. The van der Waals surface area contributed by atoms with Crippen LogP contribution < -0.4 is 5.73 Å². The number of aldehydes is 1. The van der Waals surface area contributed by atoms with E-state index in [1.54, 1.807) is 0 Å². The summed E-state index contributed by atoms with van der Waals surface area (Å²) in [4.78, 5) is 21.2. The molecule has 0 heterocycles. The highest BCUT2D eigenvalue weighted by Gasteiger charge is 2.04. The van der Waals surface area contributed by atoms with Gasteiger partial charge in [-0.3, -0.25) is 9.59 Å². The van der Waals surface area contributed by atoms with E-state index in [0.29, 0.717) is 12.8 Å². The molecule has 1 rings (SSSR count). The standard InChI is InChI=1S/C12H15NO2/c1-9-2-3-10(7-12(15)8-14)6-11(9)4-5-13/h2-3,6,8H,4-5,7,13H2,1H3. The molecule has 0 radical (unpaired) electrons. The SMILES string of the molecule is Cc1ccc(CC(=O)C=O)cc1CCN. The molecule has 0 aliphatic heterocycles. The molecule has 0 aliphatic carbocycles. The summed E-state index contributed by atoms with van der Waals surface area (Å²) in [5.74, 6) is -0.391. The topological polar surface area (TPSA) is 60.2 Å². The Labute approximate surface area is 89.3 Å². The van der Waals surface area contributed by atoms with Crippen molar-refractivity contribution in [3.05, 3.63) is 34.9 Å². The van der Waals surface area contributed by atoms with Gasteiger partial charge in [0.05, 0.1) is 0 Å². The quantitative estimate of drug-likeness (QED) is 0.571. The zero-order valence-electron chi connectivity index (χ0n) is 8.82. The van der Waals surface area contributed by atoms with Gasteiger partial charge in [-0.2, -0.15) is 0 Å². The van der Waals surface area contributed by atoms with Crippen LogP contribution in [-0.4, -0.2) is 18.6 Å². The number of hydrogen-bond acceptors (Lipinski definition) is 3. The van der Waals surface area contributed by atoms with Crippen molar-refractivity contribution in [1.82, 2.24) is 0 Å². The van der Waals surface area contributed by atoms with Crippen molar-refractivity contribution in [2.75, 3.05) is 6.54 Å². The van der Waals surface area contributed by atoms with Gasteiger partial charge in [0.1, 0.15) is 0 Å². The van der Waals surface area contributed by atoms with Crippen LogP contribution in [0.25, 0.3) is 0 Å². The lowest BCUT2D eigenvalue weighted by Crippen LogP contribution is -2.07. The summed E-state index contributed by atoms with van der Waals surface area (Å²) in [7, 11) is 0. The van der Waals surface area contributed by atoms with Crippen molar-refractivity contribution in [1.29, 1.82) is 0 Å². The summed E-state index contributed by atoms with van der Waals surface area (Å²) in [6, 6.07) is 5.78. The highest BCUT2D eigenvalue weighted by molar-refractivity contribution is 6.25. The van der Waals surface area contributed by atoms with Gasteiger partial charge >= 0.3 is 0 Å². The van der Waals surface area contributed by atoms with Crippen molar-refractivity contribution in [3.8, 4) is 0 Å². The highest BCUT2D eigenvalue weighted by atomic mass is 16.2. The van der Waals surface area contributed by atoms with Crippen LogP contribution in [0, 0.1) is 6.92 Å². The normalized spacial score (nSPS) is 10.0. The lowest BCUT2D eigenvalue weighted by Gasteiger charge is -2.06.